The van der Waals surface area contributed by atoms with Crippen LogP contribution in [0.25, 0.3) is 0 Å². The number of benzene rings is 1. The number of ether oxygens (including phenoxy) is 1. The van der Waals surface area contributed by atoms with E-state index < -0.39 is 11.8 Å². The molecule has 0 bridgehead atoms. The molecule has 0 atom stereocenters. The maximum Gasteiger partial charge on any atom is 0.276 e. The minimum Gasteiger partial charge on any atom is -0.483 e. The molecule has 6 nitrogen and oxygen atoms in total. The molecule has 1 heterocycles. The zero-order valence-electron chi connectivity index (χ0n) is 12.5. The third-order valence-electron chi connectivity index (χ3n) is 3.02. The predicted molar refractivity (Wildman–Crippen MR) is 86.2 cm³/mol. The fraction of sp³-hybridized carbons (Fsp3) is 0.188. The van der Waals surface area contributed by atoms with Crippen LogP contribution >= 0.6 is 11.6 Å². The van der Waals surface area contributed by atoms with E-state index in [1.54, 1.807) is 6.07 Å². The number of aromatic nitrogens is 1. The lowest BCUT2D eigenvalue weighted by Gasteiger charge is -2.11. The first-order chi connectivity index (χ1) is 11.1. The van der Waals surface area contributed by atoms with Crippen molar-refractivity contribution in [2.45, 2.75) is 13.3 Å². The first kappa shape index (κ1) is 16.8. The summed E-state index contributed by atoms with van der Waals surface area (Å²) in [5.74, 6) is -0.305. The van der Waals surface area contributed by atoms with Crippen molar-refractivity contribution in [2.75, 3.05) is 6.61 Å². The van der Waals surface area contributed by atoms with Gasteiger partial charge in [0.05, 0.1) is 5.56 Å². The number of rotatable bonds is 5. The van der Waals surface area contributed by atoms with Gasteiger partial charge in [-0.15, -0.1) is 0 Å². The van der Waals surface area contributed by atoms with Gasteiger partial charge in [-0.25, -0.2) is 4.98 Å². The molecule has 0 aliphatic carbocycles. The van der Waals surface area contributed by atoms with Gasteiger partial charge < -0.3 is 4.74 Å². The van der Waals surface area contributed by atoms with Crippen LogP contribution in [0.15, 0.2) is 42.6 Å². The maximum absolute atomic E-state index is 11.8. The van der Waals surface area contributed by atoms with Gasteiger partial charge in [0, 0.05) is 6.20 Å². The van der Waals surface area contributed by atoms with Crippen molar-refractivity contribution >= 4 is 23.4 Å². The van der Waals surface area contributed by atoms with Crippen LogP contribution in [0.4, 0.5) is 0 Å². The number of hydrogen-bond acceptors (Lipinski definition) is 4. The van der Waals surface area contributed by atoms with Crippen LogP contribution in [0, 0.1) is 0 Å². The molecule has 2 amide bonds. The highest BCUT2D eigenvalue weighted by molar-refractivity contribution is 6.29. The van der Waals surface area contributed by atoms with E-state index in [9.17, 15) is 9.59 Å². The van der Waals surface area contributed by atoms with E-state index >= 15 is 0 Å². The lowest BCUT2D eigenvalue weighted by Crippen LogP contribution is -2.43. The van der Waals surface area contributed by atoms with Crippen molar-refractivity contribution in [3.63, 3.8) is 0 Å². The summed E-state index contributed by atoms with van der Waals surface area (Å²) in [7, 11) is 0. The Hall–Kier alpha value is -2.60. The van der Waals surface area contributed by atoms with Gasteiger partial charge >= 0.3 is 0 Å². The molecular formula is C16H16ClN3O3. The molecule has 2 N–H and O–H groups in total. The zero-order valence-corrected chi connectivity index (χ0v) is 13.3. The maximum atomic E-state index is 11.8. The summed E-state index contributed by atoms with van der Waals surface area (Å²) in [6.45, 7) is 1.80. The van der Waals surface area contributed by atoms with E-state index in [0.29, 0.717) is 5.75 Å². The summed E-state index contributed by atoms with van der Waals surface area (Å²) in [6.07, 6.45) is 2.12. The highest BCUT2D eigenvalue weighted by Gasteiger charge is 2.09. The number of para-hydroxylation sites is 1. The van der Waals surface area contributed by atoms with Crippen LogP contribution in [0.1, 0.15) is 22.8 Å². The SMILES string of the molecule is CCc1ccccc1OCC(=O)NNC(=O)c1ccc(Cl)nc1. The lowest BCUT2D eigenvalue weighted by molar-refractivity contribution is -0.123. The summed E-state index contributed by atoms with van der Waals surface area (Å²) < 4.78 is 5.45. The summed E-state index contributed by atoms with van der Waals surface area (Å²) in [5.41, 5.74) is 5.86. The average Bonchev–Trinajstić information content (AvgIpc) is 2.58. The lowest BCUT2D eigenvalue weighted by atomic mass is 10.1. The molecule has 7 heteroatoms. The fourth-order valence-electron chi connectivity index (χ4n) is 1.82. The molecule has 0 radical (unpaired) electrons. The fourth-order valence-corrected chi connectivity index (χ4v) is 1.94. The van der Waals surface area contributed by atoms with Gasteiger partial charge in [0.15, 0.2) is 6.61 Å². The second kappa shape index (κ2) is 8.14. The van der Waals surface area contributed by atoms with E-state index in [0.717, 1.165) is 12.0 Å². The van der Waals surface area contributed by atoms with Gasteiger partial charge in [-0.2, -0.15) is 0 Å². The molecule has 0 saturated carbocycles. The number of amides is 2. The molecule has 0 spiro atoms. The van der Waals surface area contributed by atoms with Gasteiger partial charge in [0.25, 0.3) is 11.8 Å². The molecule has 0 fully saturated rings. The average molecular weight is 334 g/mol. The van der Waals surface area contributed by atoms with Gasteiger partial charge in [-0.1, -0.05) is 36.7 Å². The Morgan fingerprint density at radius 3 is 2.65 bits per heavy atom. The predicted octanol–water partition coefficient (Wildman–Crippen LogP) is 2.14. The van der Waals surface area contributed by atoms with Crippen molar-refractivity contribution < 1.29 is 14.3 Å². The first-order valence-corrected chi connectivity index (χ1v) is 7.39. The van der Waals surface area contributed by atoms with Crippen molar-refractivity contribution in [2.24, 2.45) is 0 Å². The molecular weight excluding hydrogens is 318 g/mol. The Kier molecular flexibility index (Phi) is 5.94. The summed E-state index contributed by atoms with van der Waals surface area (Å²) in [4.78, 5) is 27.3. The van der Waals surface area contributed by atoms with Crippen LogP contribution in [0.2, 0.25) is 5.15 Å². The smallest absolute Gasteiger partial charge is 0.276 e. The van der Waals surface area contributed by atoms with Crippen LogP contribution in [0.3, 0.4) is 0 Å². The van der Waals surface area contributed by atoms with Crippen LogP contribution in [-0.2, 0) is 11.2 Å². The Balaban J connectivity index is 1.81. The topological polar surface area (TPSA) is 80.3 Å². The molecule has 2 rings (SSSR count). The van der Waals surface area contributed by atoms with Gasteiger partial charge in [0.1, 0.15) is 10.9 Å². The number of carbonyl (C=O) groups is 2. The number of carbonyl (C=O) groups excluding carboxylic acids is 2. The summed E-state index contributed by atoms with van der Waals surface area (Å²) in [6, 6.07) is 10.5. The molecule has 1 aromatic heterocycles. The number of hydrazine groups is 1. The monoisotopic (exact) mass is 333 g/mol. The standard InChI is InChI=1S/C16H16ClN3O3/c1-2-11-5-3-4-6-13(11)23-10-15(21)19-20-16(22)12-7-8-14(17)18-9-12/h3-9H,2,10H2,1H3,(H,19,21)(H,20,22). The normalized spacial score (nSPS) is 10.0. The Bertz CT molecular complexity index is 689. The van der Waals surface area contributed by atoms with Gasteiger partial charge in [0.2, 0.25) is 0 Å². The quantitative estimate of drug-likeness (QED) is 0.649. The minimum absolute atomic E-state index is 0.198. The first-order valence-electron chi connectivity index (χ1n) is 7.01. The number of aryl methyl sites for hydroxylation is 1. The number of hydrogen-bond donors (Lipinski definition) is 2. The largest absolute Gasteiger partial charge is 0.483 e. The van der Waals surface area contributed by atoms with Crippen LogP contribution < -0.4 is 15.6 Å². The molecule has 0 aliphatic rings. The van der Waals surface area contributed by atoms with E-state index in [1.165, 1.54) is 18.3 Å². The molecule has 0 saturated heterocycles. The van der Waals surface area contributed by atoms with Crippen molar-refractivity contribution in [3.05, 3.63) is 58.9 Å². The van der Waals surface area contributed by atoms with Crippen molar-refractivity contribution in [3.8, 4) is 5.75 Å². The molecule has 23 heavy (non-hydrogen) atoms. The van der Waals surface area contributed by atoms with Crippen molar-refractivity contribution in [1.29, 1.82) is 0 Å². The highest BCUT2D eigenvalue weighted by atomic mass is 35.5. The zero-order chi connectivity index (χ0) is 16.7. The van der Waals surface area contributed by atoms with E-state index in [4.69, 9.17) is 16.3 Å². The van der Waals surface area contributed by atoms with Gasteiger partial charge in [-0.3, -0.25) is 20.4 Å². The third-order valence-corrected chi connectivity index (χ3v) is 3.24. The summed E-state index contributed by atoms with van der Waals surface area (Å²) >= 11 is 5.64. The Morgan fingerprint density at radius 2 is 1.96 bits per heavy atom. The molecule has 0 unspecified atom stereocenters. The van der Waals surface area contributed by atoms with E-state index in [-0.39, 0.29) is 17.3 Å². The second-order valence-electron chi connectivity index (χ2n) is 4.62. The highest BCUT2D eigenvalue weighted by Crippen LogP contribution is 2.17. The number of nitrogens with zero attached hydrogens (tertiary/aromatic N) is 1. The molecule has 2 aromatic rings. The van der Waals surface area contributed by atoms with Crippen molar-refractivity contribution in [1.82, 2.24) is 15.8 Å². The van der Waals surface area contributed by atoms with E-state index in [1.807, 2.05) is 25.1 Å². The van der Waals surface area contributed by atoms with Crippen LogP contribution in [-0.4, -0.2) is 23.4 Å². The third kappa shape index (κ3) is 4.96. The summed E-state index contributed by atoms with van der Waals surface area (Å²) in [5, 5.41) is 0.286. The van der Waals surface area contributed by atoms with Crippen LogP contribution in [0.5, 0.6) is 5.75 Å². The number of halogens is 1. The Labute approximate surface area is 138 Å². The minimum atomic E-state index is -0.489. The molecule has 0 aliphatic heterocycles. The van der Waals surface area contributed by atoms with E-state index in [2.05, 4.69) is 15.8 Å². The molecule has 120 valence electrons. The number of nitrogens with one attached hydrogen (secondary N) is 2. The van der Waals surface area contributed by atoms with Gasteiger partial charge in [-0.05, 0) is 30.2 Å². The number of pyridine rings is 1. The Morgan fingerprint density at radius 1 is 1.17 bits per heavy atom. The molecule has 1 aromatic carbocycles. The second-order valence-corrected chi connectivity index (χ2v) is 5.01.